The van der Waals surface area contributed by atoms with Crippen molar-refractivity contribution >= 4 is 23.2 Å². The van der Waals surface area contributed by atoms with E-state index >= 15 is 0 Å². The maximum atomic E-state index is 11.0. The van der Waals surface area contributed by atoms with Crippen LogP contribution in [0.5, 0.6) is 5.75 Å². The van der Waals surface area contributed by atoms with E-state index in [1.54, 1.807) is 24.3 Å². The molecule has 0 amide bonds. The van der Waals surface area contributed by atoms with Crippen molar-refractivity contribution in [3.63, 3.8) is 0 Å². The molecule has 0 radical (unpaired) electrons. The van der Waals surface area contributed by atoms with Gasteiger partial charge in [-0.3, -0.25) is 10.1 Å². The summed E-state index contributed by atoms with van der Waals surface area (Å²) in [4.78, 5) is 14.1. The first-order chi connectivity index (χ1) is 11.3. The lowest BCUT2D eigenvalue weighted by molar-refractivity contribution is -0.385. The summed E-state index contributed by atoms with van der Waals surface area (Å²) in [6, 6.07) is 11.9. The second-order valence-electron chi connectivity index (χ2n) is 6.53. The fraction of sp³-hybridized carbons (Fsp3) is 0.211. The number of benzene rings is 2. The van der Waals surface area contributed by atoms with E-state index in [2.05, 4.69) is 18.8 Å². The molecule has 1 heterocycles. The first-order valence-corrected chi connectivity index (χ1v) is 7.70. The first-order valence-electron chi connectivity index (χ1n) is 7.70. The first kappa shape index (κ1) is 15.9. The van der Waals surface area contributed by atoms with Gasteiger partial charge in [-0.15, -0.1) is 0 Å². The quantitative estimate of drug-likeness (QED) is 0.673. The summed E-state index contributed by atoms with van der Waals surface area (Å²) in [6.45, 7) is 6.12. The number of non-ortho nitro benzene ring substituents is 1. The van der Waals surface area contributed by atoms with Gasteiger partial charge >= 0.3 is 0 Å². The molecule has 24 heavy (non-hydrogen) atoms. The van der Waals surface area contributed by atoms with E-state index in [0.29, 0.717) is 0 Å². The van der Waals surface area contributed by atoms with Crippen LogP contribution < -0.4 is 4.99 Å². The zero-order valence-electron chi connectivity index (χ0n) is 13.8. The molecule has 5 nitrogen and oxygen atoms in total. The Kier molecular flexibility index (Phi) is 3.72. The van der Waals surface area contributed by atoms with Crippen molar-refractivity contribution in [2.24, 2.45) is 0 Å². The monoisotopic (exact) mass is 323 g/mol. The van der Waals surface area contributed by atoms with Gasteiger partial charge in [-0.05, 0) is 44.5 Å². The third kappa shape index (κ3) is 2.69. The van der Waals surface area contributed by atoms with E-state index in [1.807, 2.05) is 25.1 Å². The Hall–Kier alpha value is -2.95. The highest BCUT2D eigenvalue weighted by atomic mass is 16.6. The topological polar surface area (TPSA) is 77.3 Å². The van der Waals surface area contributed by atoms with Crippen molar-refractivity contribution in [3.8, 4) is 5.75 Å². The van der Waals surface area contributed by atoms with Gasteiger partial charge < -0.3 is 5.11 Å². The SMILES string of the molecule is C/C(=C\c1ccc(O)cc1)C1=[NH+]c2ccc([N+](=O)[O-])cc2C1(C)C. The third-order valence-corrected chi connectivity index (χ3v) is 4.44. The molecule has 0 aromatic heterocycles. The molecule has 2 aromatic carbocycles. The number of phenols is 1. The van der Waals surface area contributed by atoms with E-state index in [1.165, 1.54) is 6.07 Å². The Morgan fingerprint density at radius 1 is 1.21 bits per heavy atom. The molecule has 0 aliphatic carbocycles. The number of phenolic OH excluding ortho intramolecular Hbond substituents is 1. The third-order valence-electron chi connectivity index (χ3n) is 4.44. The minimum Gasteiger partial charge on any atom is -0.508 e. The van der Waals surface area contributed by atoms with Crippen molar-refractivity contribution in [3.05, 3.63) is 69.3 Å². The van der Waals surface area contributed by atoms with Crippen LogP contribution in [0.3, 0.4) is 0 Å². The fourth-order valence-corrected chi connectivity index (χ4v) is 3.18. The van der Waals surface area contributed by atoms with Gasteiger partial charge in [-0.1, -0.05) is 12.1 Å². The minimum atomic E-state index is -0.368. The van der Waals surface area contributed by atoms with Gasteiger partial charge in [0.15, 0.2) is 5.71 Å². The molecule has 0 fully saturated rings. The van der Waals surface area contributed by atoms with Crippen molar-refractivity contribution < 1.29 is 15.0 Å². The summed E-state index contributed by atoms with van der Waals surface area (Å²) in [5.74, 6) is 0.233. The van der Waals surface area contributed by atoms with Crippen LogP contribution in [0, 0.1) is 10.1 Å². The molecule has 0 unspecified atom stereocenters. The number of hydrogen-bond acceptors (Lipinski definition) is 3. The maximum absolute atomic E-state index is 11.0. The van der Waals surface area contributed by atoms with Gasteiger partial charge in [0.2, 0.25) is 5.69 Å². The number of fused-ring (bicyclic) bond motifs is 1. The molecule has 0 bridgehead atoms. The summed E-state index contributed by atoms with van der Waals surface area (Å²) >= 11 is 0. The highest BCUT2D eigenvalue weighted by Crippen LogP contribution is 2.36. The maximum Gasteiger partial charge on any atom is 0.270 e. The van der Waals surface area contributed by atoms with Crippen molar-refractivity contribution in [1.29, 1.82) is 0 Å². The zero-order valence-corrected chi connectivity index (χ0v) is 13.8. The summed E-state index contributed by atoms with van der Waals surface area (Å²) < 4.78 is 0. The van der Waals surface area contributed by atoms with Crippen LogP contribution >= 0.6 is 0 Å². The van der Waals surface area contributed by atoms with Gasteiger partial charge in [0.1, 0.15) is 5.75 Å². The largest absolute Gasteiger partial charge is 0.508 e. The number of nitrogens with zero attached hydrogens (tertiary/aromatic N) is 1. The number of hydrogen-bond donors (Lipinski definition) is 2. The van der Waals surface area contributed by atoms with Crippen LogP contribution in [0.2, 0.25) is 0 Å². The van der Waals surface area contributed by atoms with Gasteiger partial charge in [0, 0.05) is 29.3 Å². The van der Waals surface area contributed by atoms with E-state index in [4.69, 9.17) is 0 Å². The lowest BCUT2D eigenvalue weighted by Gasteiger charge is -2.17. The molecule has 0 spiro atoms. The summed E-state index contributed by atoms with van der Waals surface area (Å²) in [7, 11) is 0. The van der Waals surface area contributed by atoms with Crippen LogP contribution in [0.4, 0.5) is 11.4 Å². The van der Waals surface area contributed by atoms with E-state index in [-0.39, 0.29) is 21.8 Å². The Labute approximate surface area is 140 Å². The summed E-state index contributed by atoms with van der Waals surface area (Å²) in [5, 5.41) is 20.4. The number of rotatable bonds is 3. The van der Waals surface area contributed by atoms with Crippen LogP contribution in [-0.2, 0) is 5.41 Å². The fourth-order valence-electron chi connectivity index (χ4n) is 3.18. The normalized spacial score (nSPS) is 15.8. The smallest absolute Gasteiger partial charge is 0.270 e. The molecule has 1 aliphatic heterocycles. The molecule has 2 N–H and O–H groups in total. The predicted octanol–water partition coefficient (Wildman–Crippen LogP) is 2.85. The van der Waals surface area contributed by atoms with Crippen molar-refractivity contribution in [2.45, 2.75) is 26.2 Å². The summed E-state index contributed by atoms with van der Waals surface area (Å²) in [5.41, 5.74) is 4.63. The zero-order chi connectivity index (χ0) is 17.5. The highest BCUT2D eigenvalue weighted by molar-refractivity contribution is 6.08. The lowest BCUT2D eigenvalue weighted by Crippen LogP contribution is -2.66. The molecule has 1 aliphatic rings. The predicted molar refractivity (Wildman–Crippen MR) is 93.5 cm³/mol. The van der Waals surface area contributed by atoms with Gasteiger partial charge in [0.25, 0.3) is 5.69 Å². The Bertz CT molecular complexity index is 878. The van der Waals surface area contributed by atoms with Crippen molar-refractivity contribution in [1.82, 2.24) is 0 Å². The Morgan fingerprint density at radius 3 is 2.50 bits per heavy atom. The van der Waals surface area contributed by atoms with Crippen LogP contribution in [0.1, 0.15) is 31.9 Å². The number of nitro groups is 1. The molecule has 2 aromatic rings. The summed E-state index contributed by atoms with van der Waals surface area (Å²) in [6.07, 6.45) is 2.03. The van der Waals surface area contributed by atoms with E-state index < -0.39 is 0 Å². The molecule has 0 saturated carbocycles. The minimum absolute atomic E-state index is 0.102. The number of nitro benzene ring substituents is 1. The molecule has 3 rings (SSSR count). The average Bonchev–Trinajstić information content (AvgIpc) is 2.80. The van der Waals surface area contributed by atoms with Gasteiger partial charge in [-0.25, -0.2) is 4.99 Å². The second-order valence-corrected chi connectivity index (χ2v) is 6.53. The van der Waals surface area contributed by atoms with Crippen LogP contribution in [0.25, 0.3) is 6.08 Å². The van der Waals surface area contributed by atoms with Gasteiger partial charge in [-0.2, -0.15) is 0 Å². The Morgan fingerprint density at radius 2 is 1.88 bits per heavy atom. The number of nitrogens with one attached hydrogen (secondary N) is 1. The molecular formula is C19H19N2O3+. The average molecular weight is 323 g/mol. The van der Waals surface area contributed by atoms with Crippen LogP contribution in [-0.4, -0.2) is 15.7 Å². The number of aromatic hydroxyl groups is 1. The van der Waals surface area contributed by atoms with Gasteiger partial charge in [0.05, 0.1) is 10.3 Å². The number of allylic oxidation sites excluding steroid dienone is 1. The standard InChI is InChI=1S/C19H18N2O3/c1-12(10-13-4-7-15(22)8-5-13)18-19(2,3)16-11-14(21(23)24)6-9-17(16)20-18/h4-11,22H,1-3H3/p+1/b12-10+. The van der Waals surface area contributed by atoms with E-state index in [9.17, 15) is 15.2 Å². The molecule has 0 saturated heterocycles. The molecular weight excluding hydrogens is 304 g/mol. The van der Waals surface area contributed by atoms with E-state index in [0.717, 1.165) is 28.1 Å². The van der Waals surface area contributed by atoms with Crippen LogP contribution in [0.15, 0.2) is 48.0 Å². The molecule has 0 atom stereocenters. The molecule has 122 valence electrons. The second kappa shape index (κ2) is 5.60. The van der Waals surface area contributed by atoms with Crippen molar-refractivity contribution in [2.75, 3.05) is 0 Å². The highest BCUT2D eigenvalue weighted by Gasteiger charge is 2.42. The lowest BCUT2D eigenvalue weighted by atomic mass is 9.78. The molecule has 5 heteroatoms. The Balaban J connectivity index is 2.00.